The van der Waals surface area contributed by atoms with Crippen molar-refractivity contribution < 1.29 is 17.5 Å². The van der Waals surface area contributed by atoms with Gasteiger partial charge < -0.3 is 4.74 Å². The lowest BCUT2D eigenvalue weighted by atomic mass is 10.5. The van der Waals surface area contributed by atoms with Crippen LogP contribution in [0.15, 0.2) is 35.7 Å². The maximum absolute atomic E-state index is 13.4. The van der Waals surface area contributed by atoms with Gasteiger partial charge in [-0.3, -0.25) is 9.40 Å². The highest BCUT2D eigenvalue weighted by molar-refractivity contribution is 7.92. The number of halogens is 1. The Morgan fingerprint density at radius 3 is 3.00 bits per heavy atom. The summed E-state index contributed by atoms with van der Waals surface area (Å²) in [6.45, 7) is 0.929. The van der Waals surface area contributed by atoms with E-state index in [1.54, 1.807) is 7.11 Å². The molecule has 0 unspecified atom stereocenters. The minimum absolute atomic E-state index is 0.228. The van der Waals surface area contributed by atoms with E-state index >= 15 is 0 Å². The van der Waals surface area contributed by atoms with Crippen molar-refractivity contribution in [2.45, 2.75) is 11.6 Å². The largest absolute Gasteiger partial charge is 0.383 e. The molecule has 108 valence electrons. The first-order chi connectivity index (χ1) is 9.53. The molecular formula is C11H13FN4O3S. The Kier molecular flexibility index (Phi) is 4.30. The van der Waals surface area contributed by atoms with E-state index in [2.05, 4.69) is 14.8 Å². The number of sulfonamides is 1. The summed E-state index contributed by atoms with van der Waals surface area (Å²) >= 11 is 0. The van der Waals surface area contributed by atoms with Crippen LogP contribution in [-0.4, -0.2) is 36.9 Å². The quantitative estimate of drug-likeness (QED) is 0.855. The number of anilines is 1. The van der Waals surface area contributed by atoms with Gasteiger partial charge in [0.25, 0.3) is 10.0 Å². The average Bonchev–Trinajstić information content (AvgIpc) is 2.83. The monoisotopic (exact) mass is 300 g/mol. The summed E-state index contributed by atoms with van der Waals surface area (Å²) in [5, 5.41) is 3.30. The van der Waals surface area contributed by atoms with Crippen LogP contribution in [0.1, 0.15) is 0 Å². The number of hydrogen-bond donors (Lipinski definition) is 1. The lowest BCUT2D eigenvalue weighted by Crippen LogP contribution is -2.15. The van der Waals surface area contributed by atoms with Crippen molar-refractivity contribution in [1.29, 1.82) is 0 Å². The van der Waals surface area contributed by atoms with Gasteiger partial charge in [0.05, 0.1) is 25.0 Å². The summed E-state index contributed by atoms with van der Waals surface area (Å²) in [5.41, 5.74) is 0.228. The normalized spacial score (nSPS) is 11.5. The molecule has 20 heavy (non-hydrogen) atoms. The summed E-state index contributed by atoms with van der Waals surface area (Å²) in [7, 11) is -2.52. The first-order valence-electron chi connectivity index (χ1n) is 5.67. The molecule has 0 bridgehead atoms. The summed E-state index contributed by atoms with van der Waals surface area (Å²) < 4.78 is 46.0. The van der Waals surface area contributed by atoms with E-state index in [9.17, 15) is 12.8 Å². The van der Waals surface area contributed by atoms with Crippen molar-refractivity contribution >= 4 is 15.7 Å². The fourth-order valence-corrected chi connectivity index (χ4v) is 2.53. The smallest absolute Gasteiger partial charge is 0.282 e. The third kappa shape index (κ3) is 3.31. The van der Waals surface area contributed by atoms with E-state index in [0.717, 1.165) is 6.07 Å². The first kappa shape index (κ1) is 14.4. The van der Waals surface area contributed by atoms with E-state index in [1.165, 1.54) is 29.3 Å². The first-order valence-corrected chi connectivity index (χ1v) is 7.16. The zero-order chi connectivity index (χ0) is 14.6. The molecule has 2 heterocycles. The molecule has 7 nitrogen and oxygen atoms in total. The molecule has 0 amide bonds. The van der Waals surface area contributed by atoms with Crippen LogP contribution in [0.2, 0.25) is 0 Å². The van der Waals surface area contributed by atoms with Gasteiger partial charge in [0.2, 0.25) is 5.03 Å². The molecule has 0 saturated carbocycles. The van der Waals surface area contributed by atoms with Crippen LogP contribution in [0, 0.1) is 5.82 Å². The van der Waals surface area contributed by atoms with Gasteiger partial charge in [0, 0.05) is 19.5 Å². The highest BCUT2D eigenvalue weighted by Crippen LogP contribution is 2.15. The number of aromatic nitrogens is 3. The van der Waals surface area contributed by atoms with Crippen molar-refractivity contribution in [3.05, 3.63) is 36.5 Å². The van der Waals surface area contributed by atoms with Crippen molar-refractivity contribution in [2.75, 3.05) is 18.4 Å². The molecule has 0 saturated heterocycles. The predicted molar refractivity (Wildman–Crippen MR) is 69.1 cm³/mol. The van der Waals surface area contributed by atoms with Crippen LogP contribution in [0.25, 0.3) is 0 Å². The molecular weight excluding hydrogens is 287 g/mol. The van der Waals surface area contributed by atoms with Crippen LogP contribution in [0.5, 0.6) is 0 Å². The number of ether oxygens (including phenoxy) is 1. The highest BCUT2D eigenvalue weighted by atomic mass is 32.2. The van der Waals surface area contributed by atoms with Crippen molar-refractivity contribution in [3.8, 4) is 0 Å². The van der Waals surface area contributed by atoms with Gasteiger partial charge in [-0.25, -0.2) is 9.37 Å². The summed E-state index contributed by atoms with van der Waals surface area (Å²) in [5.74, 6) is -0.910. The van der Waals surface area contributed by atoms with Crippen LogP contribution in [0.3, 0.4) is 0 Å². The van der Waals surface area contributed by atoms with E-state index in [4.69, 9.17) is 4.74 Å². The fourth-order valence-electron chi connectivity index (χ4n) is 1.50. The molecule has 0 fully saturated rings. The van der Waals surface area contributed by atoms with Crippen LogP contribution >= 0.6 is 0 Å². The maximum Gasteiger partial charge on any atom is 0.282 e. The second-order valence-electron chi connectivity index (χ2n) is 3.88. The standard InChI is InChI=1S/C11H13FN4O3S/c1-19-6-5-16-8-9(7-14-16)15-20(17,18)11-10(12)3-2-4-13-11/h2-4,7-8,15H,5-6H2,1H3. The van der Waals surface area contributed by atoms with Crippen LogP contribution < -0.4 is 4.72 Å². The number of pyridine rings is 1. The number of nitrogens with one attached hydrogen (secondary N) is 1. The van der Waals surface area contributed by atoms with E-state index in [-0.39, 0.29) is 5.69 Å². The van der Waals surface area contributed by atoms with Crippen molar-refractivity contribution in [2.24, 2.45) is 0 Å². The Labute approximate surface area is 115 Å². The highest BCUT2D eigenvalue weighted by Gasteiger charge is 2.21. The Morgan fingerprint density at radius 2 is 2.30 bits per heavy atom. The van der Waals surface area contributed by atoms with Gasteiger partial charge in [0.1, 0.15) is 0 Å². The number of hydrogen-bond acceptors (Lipinski definition) is 5. The molecule has 9 heteroatoms. The molecule has 0 aliphatic carbocycles. The maximum atomic E-state index is 13.4. The molecule has 2 rings (SSSR count). The Bertz CT molecular complexity index is 686. The number of rotatable bonds is 6. The van der Waals surface area contributed by atoms with Crippen molar-refractivity contribution in [3.63, 3.8) is 0 Å². The van der Waals surface area contributed by atoms with Gasteiger partial charge >= 0.3 is 0 Å². The van der Waals surface area contributed by atoms with Gasteiger partial charge in [-0.1, -0.05) is 0 Å². The van der Waals surface area contributed by atoms with Gasteiger partial charge in [-0.05, 0) is 12.1 Å². The van der Waals surface area contributed by atoms with Gasteiger partial charge in [0.15, 0.2) is 5.82 Å². The lowest BCUT2D eigenvalue weighted by molar-refractivity contribution is 0.183. The zero-order valence-electron chi connectivity index (χ0n) is 10.7. The van der Waals surface area contributed by atoms with Gasteiger partial charge in [-0.15, -0.1) is 0 Å². The van der Waals surface area contributed by atoms with Crippen molar-refractivity contribution in [1.82, 2.24) is 14.8 Å². The van der Waals surface area contributed by atoms with E-state index < -0.39 is 20.9 Å². The third-order valence-corrected chi connectivity index (χ3v) is 3.70. The second-order valence-corrected chi connectivity index (χ2v) is 5.48. The molecule has 0 spiro atoms. The van der Waals surface area contributed by atoms with Gasteiger partial charge in [-0.2, -0.15) is 13.5 Å². The molecule has 0 atom stereocenters. The molecule has 0 radical (unpaired) electrons. The number of nitrogens with zero attached hydrogens (tertiary/aromatic N) is 3. The van der Waals surface area contributed by atoms with E-state index in [1.807, 2.05) is 0 Å². The predicted octanol–water partition coefficient (Wildman–Crippen LogP) is 0.864. The molecule has 0 aromatic carbocycles. The molecule has 1 N–H and O–H groups in total. The SMILES string of the molecule is COCCn1cc(NS(=O)(=O)c2ncccc2F)cn1. The molecule has 2 aromatic rings. The average molecular weight is 300 g/mol. The summed E-state index contributed by atoms with van der Waals surface area (Å²) in [4.78, 5) is 3.53. The zero-order valence-corrected chi connectivity index (χ0v) is 11.5. The Hall–Kier alpha value is -2.00. The Balaban J connectivity index is 2.16. The van der Waals surface area contributed by atoms with E-state index in [0.29, 0.717) is 13.2 Å². The molecule has 2 aromatic heterocycles. The minimum atomic E-state index is -4.07. The molecule has 0 aliphatic rings. The number of methoxy groups -OCH3 is 1. The minimum Gasteiger partial charge on any atom is -0.383 e. The third-order valence-electron chi connectivity index (χ3n) is 2.39. The van der Waals surface area contributed by atoms with Crippen LogP contribution in [-0.2, 0) is 21.3 Å². The summed E-state index contributed by atoms with van der Waals surface area (Å²) in [6.07, 6.45) is 4.02. The molecule has 0 aliphatic heterocycles. The lowest BCUT2D eigenvalue weighted by Gasteiger charge is -2.05. The topological polar surface area (TPSA) is 86.1 Å². The summed E-state index contributed by atoms with van der Waals surface area (Å²) in [6, 6.07) is 2.35. The second kappa shape index (κ2) is 5.97. The fraction of sp³-hybridized carbons (Fsp3) is 0.273. The van der Waals surface area contributed by atoms with Crippen LogP contribution in [0.4, 0.5) is 10.1 Å². The Morgan fingerprint density at radius 1 is 1.50 bits per heavy atom.